The monoisotopic (exact) mass is 322 g/mol. The third-order valence-corrected chi connectivity index (χ3v) is 5.29. The molecule has 1 aliphatic heterocycles. The molecule has 1 N–H and O–H groups in total. The Kier molecular flexibility index (Phi) is 4.60. The van der Waals surface area contributed by atoms with Gasteiger partial charge >= 0.3 is 0 Å². The van der Waals surface area contributed by atoms with Crippen molar-refractivity contribution >= 4 is 22.9 Å². The Labute approximate surface area is 134 Å². The van der Waals surface area contributed by atoms with Gasteiger partial charge < -0.3 is 5.11 Å². The summed E-state index contributed by atoms with van der Waals surface area (Å²) < 4.78 is 0. The van der Waals surface area contributed by atoms with Crippen molar-refractivity contribution in [2.24, 2.45) is 5.92 Å². The lowest BCUT2D eigenvalue weighted by atomic mass is 10.0. The quantitative estimate of drug-likeness (QED) is 0.933. The molecule has 2 heterocycles. The molecular formula is C16H19ClN2OS. The summed E-state index contributed by atoms with van der Waals surface area (Å²) in [6.45, 7) is 4.72. The molecule has 1 saturated heterocycles. The Morgan fingerprint density at radius 3 is 3.00 bits per heavy atom. The third-order valence-electron chi connectivity index (χ3n) is 4.03. The lowest BCUT2D eigenvalue weighted by Gasteiger charge is -2.16. The highest BCUT2D eigenvalue weighted by molar-refractivity contribution is 7.13. The molecule has 0 aliphatic carbocycles. The molecule has 1 aliphatic rings. The molecule has 0 radical (unpaired) electrons. The van der Waals surface area contributed by atoms with Crippen LogP contribution < -0.4 is 0 Å². The van der Waals surface area contributed by atoms with E-state index >= 15 is 0 Å². The smallest absolute Gasteiger partial charge is 0.125 e. The van der Waals surface area contributed by atoms with E-state index in [4.69, 9.17) is 16.6 Å². The van der Waals surface area contributed by atoms with Crippen LogP contribution in [-0.2, 0) is 6.54 Å². The largest absolute Gasteiger partial charge is 0.393 e. The van der Waals surface area contributed by atoms with Gasteiger partial charge in [-0.1, -0.05) is 29.8 Å². The Balaban J connectivity index is 1.68. The van der Waals surface area contributed by atoms with Gasteiger partial charge in [-0.05, 0) is 31.9 Å². The first kappa shape index (κ1) is 15.0. The number of likely N-dealkylation sites (tertiary alicyclic amines) is 1. The molecule has 21 heavy (non-hydrogen) atoms. The second-order valence-electron chi connectivity index (χ2n) is 5.65. The van der Waals surface area contributed by atoms with Crippen LogP contribution in [0.5, 0.6) is 0 Å². The zero-order chi connectivity index (χ0) is 14.8. The van der Waals surface area contributed by atoms with Crippen molar-refractivity contribution in [2.75, 3.05) is 13.1 Å². The van der Waals surface area contributed by atoms with Gasteiger partial charge in [0.2, 0.25) is 0 Å². The number of aliphatic hydroxyl groups excluding tert-OH is 1. The fraction of sp³-hybridized carbons (Fsp3) is 0.438. The zero-order valence-corrected chi connectivity index (χ0v) is 13.6. The molecule has 0 bridgehead atoms. The molecule has 0 saturated carbocycles. The van der Waals surface area contributed by atoms with E-state index in [2.05, 4.69) is 10.3 Å². The summed E-state index contributed by atoms with van der Waals surface area (Å²) >= 11 is 7.86. The maximum Gasteiger partial charge on any atom is 0.125 e. The number of aliphatic hydroxyl groups is 1. The first-order valence-corrected chi connectivity index (χ1v) is 8.49. The van der Waals surface area contributed by atoms with E-state index in [-0.39, 0.29) is 6.10 Å². The van der Waals surface area contributed by atoms with Crippen molar-refractivity contribution in [3.05, 3.63) is 40.4 Å². The average molecular weight is 323 g/mol. The van der Waals surface area contributed by atoms with Crippen LogP contribution in [0.3, 0.4) is 0 Å². The topological polar surface area (TPSA) is 36.4 Å². The van der Waals surface area contributed by atoms with E-state index < -0.39 is 0 Å². The van der Waals surface area contributed by atoms with Crippen molar-refractivity contribution in [1.82, 2.24) is 9.88 Å². The lowest BCUT2D eigenvalue weighted by molar-refractivity contribution is 0.127. The maximum atomic E-state index is 9.66. The van der Waals surface area contributed by atoms with Crippen LogP contribution in [0, 0.1) is 5.92 Å². The van der Waals surface area contributed by atoms with Gasteiger partial charge in [0, 0.05) is 24.0 Å². The van der Waals surface area contributed by atoms with Crippen molar-refractivity contribution in [1.29, 1.82) is 0 Å². The fourth-order valence-electron chi connectivity index (χ4n) is 2.77. The minimum atomic E-state index is -0.218. The van der Waals surface area contributed by atoms with Crippen LogP contribution in [0.25, 0.3) is 10.6 Å². The van der Waals surface area contributed by atoms with Gasteiger partial charge in [0.25, 0.3) is 0 Å². The van der Waals surface area contributed by atoms with Crippen LogP contribution in [-0.4, -0.2) is 34.2 Å². The van der Waals surface area contributed by atoms with Gasteiger partial charge in [0.15, 0.2) is 0 Å². The first-order valence-electron chi connectivity index (χ1n) is 7.23. The number of hydrogen-bond donors (Lipinski definition) is 1. The maximum absolute atomic E-state index is 9.66. The molecule has 2 unspecified atom stereocenters. The normalized spacial score (nSPS) is 20.8. The predicted molar refractivity (Wildman–Crippen MR) is 87.6 cm³/mol. The molecule has 112 valence electrons. The number of halogens is 1. The summed E-state index contributed by atoms with van der Waals surface area (Å²) in [4.78, 5) is 7.07. The molecule has 1 aromatic heterocycles. The summed E-state index contributed by atoms with van der Waals surface area (Å²) in [5.74, 6) is 0.395. The average Bonchev–Trinajstić information content (AvgIpc) is 3.09. The Morgan fingerprint density at radius 2 is 2.29 bits per heavy atom. The van der Waals surface area contributed by atoms with E-state index in [9.17, 15) is 5.11 Å². The van der Waals surface area contributed by atoms with E-state index in [0.717, 1.165) is 47.3 Å². The van der Waals surface area contributed by atoms with E-state index in [1.807, 2.05) is 31.2 Å². The van der Waals surface area contributed by atoms with Gasteiger partial charge in [-0.25, -0.2) is 4.98 Å². The standard InChI is InChI=1S/C16H19ClN2OS/c1-11(20)12-6-7-19(8-12)9-13-10-21-16(18-13)14-4-2-3-5-15(14)17/h2-5,10-12,20H,6-9H2,1H3. The van der Waals surface area contributed by atoms with Gasteiger partial charge in [0.05, 0.1) is 16.8 Å². The van der Waals surface area contributed by atoms with Gasteiger partial charge in [-0.2, -0.15) is 0 Å². The van der Waals surface area contributed by atoms with E-state index in [0.29, 0.717) is 5.92 Å². The minimum Gasteiger partial charge on any atom is -0.393 e. The van der Waals surface area contributed by atoms with Gasteiger partial charge in [-0.15, -0.1) is 11.3 Å². The fourth-order valence-corrected chi connectivity index (χ4v) is 3.90. The molecule has 0 amide bonds. The highest BCUT2D eigenvalue weighted by atomic mass is 35.5. The SMILES string of the molecule is CC(O)C1CCN(Cc2csc(-c3ccccc3Cl)n2)C1. The van der Waals surface area contributed by atoms with E-state index in [1.54, 1.807) is 11.3 Å². The molecule has 1 fully saturated rings. The number of hydrogen-bond acceptors (Lipinski definition) is 4. The number of nitrogens with zero attached hydrogens (tertiary/aromatic N) is 2. The summed E-state index contributed by atoms with van der Waals surface area (Å²) in [5, 5.41) is 13.5. The summed E-state index contributed by atoms with van der Waals surface area (Å²) in [5.41, 5.74) is 2.08. The van der Waals surface area contributed by atoms with Gasteiger partial charge in [-0.3, -0.25) is 4.90 Å². The number of rotatable bonds is 4. The van der Waals surface area contributed by atoms with E-state index in [1.165, 1.54) is 0 Å². The molecule has 0 spiro atoms. The predicted octanol–water partition coefficient (Wildman–Crippen LogP) is 3.67. The molecule has 1 aromatic carbocycles. The summed E-state index contributed by atoms with van der Waals surface area (Å²) in [6.07, 6.45) is 0.850. The van der Waals surface area contributed by atoms with Crippen LogP contribution in [0.1, 0.15) is 19.0 Å². The first-order chi connectivity index (χ1) is 10.1. The summed E-state index contributed by atoms with van der Waals surface area (Å²) in [6, 6.07) is 7.81. The summed E-state index contributed by atoms with van der Waals surface area (Å²) in [7, 11) is 0. The number of aromatic nitrogens is 1. The highest BCUT2D eigenvalue weighted by Crippen LogP contribution is 2.31. The molecule has 2 atom stereocenters. The lowest BCUT2D eigenvalue weighted by Crippen LogP contribution is -2.24. The Hall–Kier alpha value is -0.940. The second kappa shape index (κ2) is 6.44. The molecule has 2 aromatic rings. The molecule has 3 nitrogen and oxygen atoms in total. The second-order valence-corrected chi connectivity index (χ2v) is 6.91. The molecular weight excluding hydrogens is 304 g/mol. The van der Waals surface area contributed by atoms with Crippen LogP contribution in [0.2, 0.25) is 5.02 Å². The zero-order valence-electron chi connectivity index (χ0n) is 12.0. The van der Waals surface area contributed by atoms with Crippen molar-refractivity contribution < 1.29 is 5.11 Å². The van der Waals surface area contributed by atoms with Crippen LogP contribution in [0.4, 0.5) is 0 Å². The highest BCUT2D eigenvalue weighted by Gasteiger charge is 2.26. The minimum absolute atomic E-state index is 0.218. The third kappa shape index (κ3) is 3.46. The number of thiazole rings is 1. The number of benzene rings is 1. The van der Waals surface area contributed by atoms with Crippen LogP contribution in [0.15, 0.2) is 29.6 Å². The van der Waals surface area contributed by atoms with Gasteiger partial charge in [0.1, 0.15) is 5.01 Å². The Bertz CT molecular complexity index is 614. The van der Waals surface area contributed by atoms with Crippen LogP contribution >= 0.6 is 22.9 Å². The van der Waals surface area contributed by atoms with Crippen molar-refractivity contribution in [3.63, 3.8) is 0 Å². The molecule has 5 heteroatoms. The van der Waals surface area contributed by atoms with Crippen molar-refractivity contribution in [2.45, 2.75) is 26.0 Å². The molecule has 3 rings (SSSR count). The van der Waals surface area contributed by atoms with Crippen molar-refractivity contribution in [3.8, 4) is 10.6 Å². The Morgan fingerprint density at radius 1 is 1.48 bits per heavy atom.